The highest BCUT2D eigenvalue weighted by Crippen LogP contribution is 2.25. The second kappa shape index (κ2) is 6.28. The zero-order valence-corrected chi connectivity index (χ0v) is 11.5. The highest BCUT2D eigenvalue weighted by molar-refractivity contribution is 5.98. The highest BCUT2D eigenvalue weighted by Gasteiger charge is 2.16. The van der Waals surface area contributed by atoms with E-state index in [1.54, 1.807) is 18.2 Å². The summed E-state index contributed by atoms with van der Waals surface area (Å²) < 4.78 is 5.17. The number of nitrogens with one attached hydrogen (secondary N) is 1. The van der Waals surface area contributed by atoms with Crippen LogP contribution < -0.4 is 15.8 Å². The molecule has 0 bridgehead atoms. The number of hydrogen-bond acceptors (Lipinski definition) is 3. The Morgan fingerprint density at radius 3 is 2.61 bits per heavy atom. The van der Waals surface area contributed by atoms with Crippen molar-refractivity contribution >= 4 is 11.6 Å². The number of benzene rings is 1. The summed E-state index contributed by atoms with van der Waals surface area (Å²) in [5, 5.41) is 2.95. The average molecular weight is 250 g/mol. The molecule has 18 heavy (non-hydrogen) atoms. The molecule has 0 aromatic heterocycles. The normalized spacial score (nSPS) is 12.3. The van der Waals surface area contributed by atoms with E-state index in [1.165, 1.54) is 7.11 Å². The molecule has 1 aromatic rings. The van der Waals surface area contributed by atoms with Crippen molar-refractivity contribution in [3.8, 4) is 5.75 Å². The maximum Gasteiger partial charge on any atom is 0.255 e. The number of hydrogen-bond donors (Lipinski definition) is 2. The van der Waals surface area contributed by atoms with Crippen molar-refractivity contribution < 1.29 is 9.53 Å². The molecule has 1 rings (SSSR count). The molecule has 0 aliphatic heterocycles. The molecule has 3 N–H and O–H groups in total. The first-order valence-electron chi connectivity index (χ1n) is 6.19. The number of carbonyl (C=O) groups is 1. The molecule has 0 saturated carbocycles. The van der Waals surface area contributed by atoms with E-state index < -0.39 is 0 Å². The van der Waals surface area contributed by atoms with Crippen LogP contribution in [0, 0.1) is 5.92 Å². The van der Waals surface area contributed by atoms with E-state index in [9.17, 15) is 4.79 Å². The Balaban J connectivity index is 2.81. The van der Waals surface area contributed by atoms with Crippen molar-refractivity contribution in [3.63, 3.8) is 0 Å². The minimum atomic E-state index is -0.146. The van der Waals surface area contributed by atoms with Gasteiger partial charge in [0.2, 0.25) is 0 Å². The van der Waals surface area contributed by atoms with Gasteiger partial charge in [0.15, 0.2) is 5.75 Å². The highest BCUT2D eigenvalue weighted by atomic mass is 16.5. The van der Waals surface area contributed by atoms with Crippen LogP contribution in [0.1, 0.15) is 37.6 Å². The maximum absolute atomic E-state index is 12.1. The molecule has 0 fully saturated rings. The Bertz CT molecular complexity index is 416. The van der Waals surface area contributed by atoms with Crippen molar-refractivity contribution in [2.45, 2.75) is 33.2 Å². The van der Waals surface area contributed by atoms with Crippen LogP contribution in [0.2, 0.25) is 0 Å². The van der Waals surface area contributed by atoms with E-state index in [4.69, 9.17) is 10.5 Å². The third-order valence-corrected chi connectivity index (χ3v) is 2.70. The molecule has 4 heteroatoms. The van der Waals surface area contributed by atoms with Gasteiger partial charge in [-0.05, 0) is 31.4 Å². The van der Waals surface area contributed by atoms with Crippen LogP contribution in [0.5, 0.6) is 5.75 Å². The van der Waals surface area contributed by atoms with Crippen molar-refractivity contribution in [2.75, 3.05) is 12.8 Å². The molecule has 0 aliphatic rings. The Kier molecular flexibility index (Phi) is 5.01. The fraction of sp³-hybridized carbons (Fsp3) is 0.500. The average Bonchev–Trinajstić information content (AvgIpc) is 2.27. The van der Waals surface area contributed by atoms with Gasteiger partial charge in [0.25, 0.3) is 5.91 Å². The fourth-order valence-corrected chi connectivity index (χ4v) is 2.03. The number of methoxy groups -OCH3 is 1. The SMILES string of the molecule is COc1c(N)cccc1C(=O)NC(C)CC(C)C. The van der Waals surface area contributed by atoms with Crippen molar-refractivity contribution in [1.82, 2.24) is 5.32 Å². The van der Waals surface area contributed by atoms with E-state index in [0.717, 1.165) is 6.42 Å². The van der Waals surface area contributed by atoms with E-state index in [0.29, 0.717) is 22.9 Å². The molecule has 0 spiro atoms. The number of para-hydroxylation sites is 1. The van der Waals surface area contributed by atoms with Crippen molar-refractivity contribution in [1.29, 1.82) is 0 Å². The first kappa shape index (κ1) is 14.4. The lowest BCUT2D eigenvalue weighted by Gasteiger charge is -2.17. The minimum absolute atomic E-state index is 0.128. The summed E-state index contributed by atoms with van der Waals surface area (Å²) in [4.78, 5) is 12.1. The Labute approximate surface area is 109 Å². The van der Waals surface area contributed by atoms with Crippen LogP contribution in [0.15, 0.2) is 18.2 Å². The van der Waals surface area contributed by atoms with Gasteiger partial charge in [-0.3, -0.25) is 4.79 Å². The second-order valence-corrected chi connectivity index (χ2v) is 4.93. The maximum atomic E-state index is 12.1. The van der Waals surface area contributed by atoms with Gasteiger partial charge < -0.3 is 15.8 Å². The molecule has 0 aliphatic carbocycles. The summed E-state index contributed by atoms with van der Waals surface area (Å²) >= 11 is 0. The number of nitrogens with two attached hydrogens (primary N) is 1. The molecule has 100 valence electrons. The number of rotatable bonds is 5. The number of nitrogen functional groups attached to an aromatic ring is 1. The van der Waals surface area contributed by atoms with Gasteiger partial charge in [0, 0.05) is 6.04 Å². The summed E-state index contributed by atoms with van der Waals surface area (Å²) in [6.07, 6.45) is 0.941. The van der Waals surface area contributed by atoms with E-state index >= 15 is 0 Å². The zero-order valence-electron chi connectivity index (χ0n) is 11.5. The summed E-state index contributed by atoms with van der Waals surface area (Å²) in [7, 11) is 1.51. The topological polar surface area (TPSA) is 64.3 Å². The van der Waals surface area contributed by atoms with Gasteiger partial charge in [-0.2, -0.15) is 0 Å². The molecular weight excluding hydrogens is 228 g/mol. The first-order chi connectivity index (χ1) is 8.45. The Morgan fingerprint density at radius 2 is 2.06 bits per heavy atom. The number of amides is 1. The van der Waals surface area contributed by atoms with Crippen LogP contribution in [0.3, 0.4) is 0 Å². The minimum Gasteiger partial charge on any atom is -0.494 e. The Hall–Kier alpha value is -1.71. The predicted octanol–water partition coefficient (Wildman–Crippen LogP) is 2.44. The quantitative estimate of drug-likeness (QED) is 0.789. The first-order valence-corrected chi connectivity index (χ1v) is 6.19. The molecule has 0 radical (unpaired) electrons. The van der Waals surface area contributed by atoms with E-state index in [1.807, 2.05) is 6.92 Å². The van der Waals surface area contributed by atoms with Gasteiger partial charge in [-0.15, -0.1) is 0 Å². The van der Waals surface area contributed by atoms with Gasteiger partial charge >= 0.3 is 0 Å². The van der Waals surface area contributed by atoms with Crippen molar-refractivity contribution in [2.24, 2.45) is 5.92 Å². The molecule has 1 atom stereocenters. The summed E-state index contributed by atoms with van der Waals surface area (Å²) in [6, 6.07) is 5.31. The van der Waals surface area contributed by atoms with Crippen LogP contribution >= 0.6 is 0 Å². The lowest BCUT2D eigenvalue weighted by molar-refractivity contribution is 0.0933. The predicted molar refractivity (Wildman–Crippen MR) is 73.8 cm³/mol. The largest absolute Gasteiger partial charge is 0.494 e. The molecular formula is C14H22N2O2. The van der Waals surface area contributed by atoms with Crippen LogP contribution in [0.25, 0.3) is 0 Å². The lowest BCUT2D eigenvalue weighted by atomic mass is 10.0. The molecule has 0 saturated heterocycles. The summed E-state index contributed by atoms with van der Waals surface area (Å²) in [5.41, 5.74) is 6.73. The third-order valence-electron chi connectivity index (χ3n) is 2.70. The van der Waals surface area contributed by atoms with Gasteiger partial charge in [-0.25, -0.2) is 0 Å². The molecule has 1 unspecified atom stereocenters. The third kappa shape index (κ3) is 3.65. The number of carbonyl (C=O) groups excluding carboxylic acids is 1. The van der Waals surface area contributed by atoms with Crippen LogP contribution in [-0.2, 0) is 0 Å². The molecule has 1 aromatic carbocycles. The monoisotopic (exact) mass is 250 g/mol. The Morgan fingerprint density at radius 1 is 1.39 bits per heavy atom. The van der Waals surface area contributed by atoms with Crippen molar-refractivity contribution in [3.05, 3.63) is 23.8 Å². The standard InChI is InChI=1S/C14H22N2O2/c1-9(2)8-10(3)16-14(17)11-6-5-7-12(15)13(11)18-4/h5-7,9-10H,8,15H2,1-4H3,(H,16,17). The summed E-state index contributed by atoms with van der Waals surface area (Å²) in [5.74, 6) is 0.835. The molecule has 4 nitrogen and oxygen atoms in total. The molecule has 0 heterocycles. The number of anilines is 1. The zero-order chi connectivity index (χ0) is 13.7. The van der Waals surface area contributed by atoms with E-state index in [-0.39, 0.29) is 11.9 Å². The summed E-state index contributed by atoms with van der Waals surface area (Å²) in [6.45, 7) is 6.25. The van der Waals surface area contributed by atoms with Gasteiger partial charge in [0.05, 0.1) is 18.4 Å². The number of ether oxygens (including phenoxy) is 1. The van der Waals surface area contributed by atoms with Crippen LogP contribution in [-0.4, -0.2) is 19.1 Å². The smallest absolute Gasteiger partial charge is 0.255 e. The lowest BCUT2D eigenvalue weighted by Crippen LogP contribution is -2.33. The van der Waals surface area contributed by atoms with Gasteiger partial charge in [-0.1, -0.05) is 19.9 Å². The van der Waals surface area contributed by atoms with Crippen LogP contribution in [0.4, 0.5) is 5.69 Å². The van der Waals surface area contributed by atoms with Gasteiger partial charge in [0.1, 0.15) is 0 Å². The second-order valence-electron chi connectivity index (χ2n) is 4.93. The molecule has 1 amide bonds. The fourth-order valence-electron chi connectivity index (χ4n) is 2.03. The van der Waals surface area contributed by atoms with E-state index in [2.05, 4.69) is 19.2 Å².